The smallest absolute Gasteiger partial charge is 0.369 e. The Balaban J connectivity index is 0.000000177. The molecule has 0 aromatic carbocycles. The fraction of sp³-hybridized carbons (Fsp3) is 0.818. The lowest BCUT2D eigenvalue weighted by atomic mass is 9.78. The lowest BCUT2D eigenvalue weighted by Gasteiger charge is -2.33. The van der Waals surface area contributed by atoms with Crippen LogP contribution in [0, 0.1) is 35.5 Å². The lowest BCUT2D eigenvalue weighted by Crippen LogP contribution is -2.49. The number of hydrogen-bond donors (Lipinski definition) is 0. The summed E-state index contributed by atoms with van der Waals surface area (Å²) in [5.41, 5.74) is -1.89. The van der Waals surface area contributed by atoms with Gasteiger partial charge in [-0.3, -0.25) is 57.5 Å². The minimum absolute atomic E-state index is 0.522. The van der Waals surface area contributed by atoms with E-state index in [1.165, 1.54) is 0 Å². The van der Waals surface area contributed by atoms with Crippen LogP contribution in [-0.4, -0.2) is 235 Å². The van der Waals surface area contributed by atoms with Crippen molar-refractivity contribution in [3.8, 4) is 0 Å². The quantitative estimate of drug-likeness (QED) is 0.0432. The van der Waals surface area contributed by atoms with Gasteiger partial charge in [-0.2, -0.15) is 26.3 Å². The van der Waals surface area contributed by atoms with Crippen molar-refractivity contribution >= 4 is 102 Å². The molecule has 6 bridgehead atoms. The van der Waals surface area contributed by atoms with Crippen molar-refractivity contribution in [2.24, 2.45) is 35.5 Å². The molecule has 111 heavy (non-hydrogen) atoms. The highest BCUT2D eigenvalue weighted by Gasteiger charge is 2.75. The Morgan fingerprint density at radius 2 is 0.676 bits per heavy atom. The van der Waals surface area contributed by atoms with Crippen molar-refractivity contribution < 1.29 is 194 Å². The van der Waals surface area contributed by atoms with Crippen LogP contribution in [0.1, 0.15) is 176 Å². The summed E-state index contributed by atoms with van der Waals surface area (Å²) in [7, 11) is -18.2. The van der Waals surface area contributed by atoms with Crippen molar-refractivity contribution in [2.75, 3.05) is 0 Å². The molecule has 21 atom stereocenters. The van der Waals surface area contributed by atoms with Crippen LogP contribution in [0.25, 0.3) is 0 Å². The molecular formula is C66H81F6O36S3-3. The molecule has 0 amide bonds. The number of alkyl halides is 6. The summed E-state index contributed by atoms with van der Waals surface area (Å²) < 4.78 is 256. The van der Waals surface area contributed by atoms with Crippen molar-refractivity contribution in [3.63, 3.8) is 0 Å². The molecule has 12 aliphatic rings. The van der Waals surface area contributed by atoms with Gasteiger partial charge in [-0.15, -0.1) is 0 Å². The first-order chi connectivity index (χ1) is 51.6. The second kappa shape index (κ2) is 32.3. The summed E-state index contributed by atoms with van der Waals surface area (Å²) in [5.74, 6) is -16.8. The zero-order valence-electron chi connectivity index (χ0n) is 60.2. The highest BCUT2D eigenvalue weighted by molar-refractivity contribution is 7.87. The van der Waals surface area contributed by atoms with Gasteiger partial charge in [-0.1, -0.05) is 20.3 Å². The van der Waals surface area contributed by atoms with Crippen LogP contribution in [-0.2, 0) is 159 Å². The molecule has 12 fully saturated rings. The molecule has 45 heteroatoms. The molecule has 0 aromatic rings. The number of hydrogen-bond acceptors (Lipinski definition) is 36. The van der Waals surface area contributed by atoms with Crippen LogP contribution < -0.4 is 0 Å². The second-order valence-electron chi connectivity index (χ2n) is 29.7. The third-order valence-electron chi connectivity index (χ3n) is 22.3. The van der Waals surface area contributed by atoms with Gasteiger partial charge < -0.3 is 84.7 Å². The molecule has 9 heterocycles. The van der Waals surface area contributed by atoms with Gasteiger partial charge in [0.25, 0.3) is 0 Å². The molecule has 0 N–H and O–H groups in total. The van der Waals surface area contributed by atoms with Crippen molar-refractivity contribution in [1.29, 1.82) is 0 Å². The average Bonchev–Trinajstić information content (AvgIpc) is 1.56. The van der Waals surface area contributed by atoms with E-state index in [0.717, 1.165) is 44.9 Å². The van der Waals surface area contributed by atoms with Crippen molar-refractivity contribution in [2.45, 2.75) is 301 Å². The predicted octanol–water partition coefficient (Wildman–Crippen LogP) is 2.86. The predicted molar refractivity (Wildman–Crippen MR) is 337 cm³/mol. The maximum Gasteiger partial charge on any atom is 0.369 e. The van der Waals surface area contributed by atoms with Gasteiger partial charge in [-0.25, -0.2) is 25.3 Å². The Morgan fingerprint density at radius 1 is 0.414 bits per heavy atom. The molecule has 12 rings (SSSR count). The van der Waals surface area contributed by atoms with E-state index in [0.29, 0.717) is 72.1 Å². The molecule has 3 saturated carbocycles. The second-order valence-corrected chi connectivity index (χ2v) is 34.0. The van der Waals surface area contributed by atoms with Crippen molar-refractivity contribution in [1.82, 2.24) is 0 Å². The Hall–Kier alpha value is -7.17. The number of ether oxygens (including phenoxy) is 15. The maximum absolute atomic E-state index is 13.5. The number of esters is 12. The van der Waals surface area contributed by atoms with Gasteiger partial charge in [0.05, 0.1) is 38.5 Å². The van der Waals surface area contributed by atoms with Gasteiger partial charge in [0, 0.05) is 0 Å². The first-order valence-corrected chi connectivity index (χ1v) is 40.2. The zero-order valence-corrected chi connectivity index (χ0v) is 62.6. The Kier molecular flexibility index (Phi) is 25.1. The Labute approximate surface area is 629 Å². The molecule has 624 valence electrons. The van der Waals surface area contributed by atoms with E-state index in [1.807, 2.05) is 20.8 Å². The molecule has 36 nitrogen and oxygen atoms in total. The van der Waals surface area contributed by atoms with Crippen LogP contribution >= 0.6 is 0 Å². The first kappa shape index (κ1) is 86.2. The number of fused-ring (bicyclic) bond motifs is 3. The SMILES string of the molecule is CC(OC(=O)CCC(=O)OC1C2OC(=O)C3C2OC1C3C(=O)OC1(C)CCCC1)C(F)(F)S(=O)(=O)[O-].CCC1(OC(=O)C2C3OC4C(OC(=O)C42)C3OC(=O)CCC(=O)OC(C)C(F)(F)S(=O)(=O)[O-])CCCC1.CCCC1(OC(=O)C2C3OC4C(OC(=O)C42)C3OC(=O)CCC(=O)OC(C)C(F)(F)S(=O)(=O)[O-])CCCC1. The number of carbonyl (C=O) groups excluding carboxylic acids is 12. The summed E-state index contributed by atoms with van der Waals surface area (Å²) in [6, 6.07) is 0. The average molecular weight is 1660 g/mol. The Morgan fingerprint density at radius 3 is 0.955 bits per heavy atom. The van der Waals surface area contributed by atoms with Crippen LogP contribution in [0.2, 0.25) is 0 Å². The van der Waals surface area contributed by atoms with Crippen LogP contribution in [0.15, 0.2) is 0 Å². The van der Waals surface area contributed by atoms with Gasteiger partial charge >= 0.3 is 87.4 Å². The summed E-state index contributed by atoms with van der Waals surface area (Å²) in [6.07, 6.45) is -12.0. The van der Waals surface area contributed by atoms with E-state index in [2.05, 4.69) is 14.2 Å². The summed E-state index contributed by atoms with van der Waals surface area (Å²) in [5, 5.41) is -14.6. The lowest BCUT2D eigenvalue weighted by molar-refractivity contribution is -0.174. The van der Waals surface area contributed by atoms with E-state index < -0.39 is 300 Å². The molecule has 0 spiro atoms. The van der Waals surface area contributed by atoms with E-state index in [1.54, 1.807) is 0 Å². The van der Waals surface area contributed by atoms with E-state index in [4.69, 9.17) is 56.8 Å². The summed E-state index contributed by atoms with van der Waals surface area (Å²) in [6.45, 7) is 7.27. The Bertz CT molecular complexity index is 4010. The van der Waals surface area contributed by atoms with Crippen molar-refractivity contribution in [3.05, 3.63) is 0 Å². The largest absolute Gasteiger partial charge is 0.743 e. The number of carbonyl (C=O) groups is 12. The van der Waals surface area contributed by atoms with Crippen LogP contribution in [0.5, 0.6) is 0 Å². The summed E-state index contributed by atoms with van der Waals surface area (Å²) >= 11 is 0. The molecule has 9 aliphatic heterocycles. The molecule has 3 aliphatic carbocycles. The number of halogens is 6. The molecule has 0 aromatic heterocycles. The van der Waals surface area contributed by atoms with Gasteiger partial charge in [0.2, 0.25) is 0 Å². The standard InChI is InChI=1S/C23H30F2O12S.C22H28F2O12S.C21H26F2O12S/c1-3-8-22(9-4-5-10-22)37-21(29)15-14-16-19(36-20(14)28)18(17(15)35-16)34-13(27)7-6-12(26)33-11(2)23(24,25)38(30,31)32;1-3-21(8-4-5-9-21)36-20(28)14-13-15-18(35-19(13)27)17(16(14)34-15)33-12(26)7-6-11(25)32-10(2)22(23,24)37(29,30)31;1-9(21(22,23)36(28,29)30)31-10(24)5-6-11(25)32-16-15-13(12-14(33-15)17(16)34-18(12)26)19(27)35-20(2)7-3-4-8-20/h11,14-19H,3-10H2,1-2H3,(H,30,31,32);10,13-18H,3-9H2,1-2H3,(H,29,30,31);9,12-17H,3-8H2,1-2H3,(H,28,29,30)/p-3. The van der Waals surface area contributed by atoms with E-state index in [-0.39, 0.29) is 0 Å². The first-order valence-electron chi connectivity index (χ1n) is 36.0. The van der Waals surface area contributed by atoms with Gasteiger partial charge in [0.1, 0.15) is 88.9 Å². The monoisotopic (exact) mass is 1660 g/mol. The summed E-state index contributed by atoms with van der Waals surface area (Å²) in [4.78, 5) is 149. The normalized spacial score (nSPS) is 32.6. The zero-order chi connectivity index (χ0) is 82.0. The third-order valence-corrected chi connectivity index (χ3v) is 25.3. The van der Waals surface area contributed by atoms with Gasteiger partial charge in [0.15, 0.2) is 85.3 Å². The minimum atomic E-state index is -6.08. The number of rotatable bonds is 30. The van der Waals surface area contributed by atoms with E-state index in [9.17, 15) is 123 Å². The fourth-order valence-corrected chi connectivity index (χ4v) is 17.9. The van der Waals surface area contributed by atoms with Crippen LogP contribution in [0.3, 0.4) is 0 Å². The van der Waals surface area contributed by atoms with E-state index >= 15 is 0 Å². The van der Waals surface area contributed by atoms with Crippen LogP contribution in [0.4, 0.5) is 26.3 Å². The molecular weight excluding hydrogens is 1580 g/mol. The van der Waals surface area contributed by atoms with Gasteiger partial charge in [-0.05, 0) is 118 Å². The molecule has 9 saturated heterocycles. The third kappa shape index (κ3) is 17.3. The highest BCUT2D eigenvalue weighted by atomic mass is 32.2. The maximum atomic E-state index is 13.5. The fourth-order valence-electron chi connectivity index (χ4n) is 16.6. The molecule has 0 radical (unpaired) electrons. The minimum Gasteiger partial charge on any atom is -0.743 e. The highest BCUT2D eigenvalue weighted by Crippen LogP contribution is 2.56. The topological polar surface area (TPSA) is 515 Å². The molecule has 21 unspecified atom stereocenters.